The molecule has 1 fully saturated rings. The first kappa shape index (κ1) is 12.9. The van der Waals surface area contributed by atoms with Gasteiger partial charge in [-0.25, -0.2) is 0 Å². The highest BCUT2D eigenvalue weighted by Crippen LogP contribution is 2.21. The van der Waals surface area contributed by atoms with E-state index in [0.29, 0.717) is 5.75 Å². The van der Waals surface area contributed by atoms with E-state index in [4.69, 9.17) is 4.74 Å². The maximum absolute atomic E-state index is 11.4. The van der Waals surface area contributed by atoms with Gasteiger partial charge in [-0.15, -0.1) is 0 Å². The number of piperidine rings is 1. The van der Waals surface area contributed by atoms with Gasteiger partial charge in [0, 0.05) is 6.54 Å². The van der Waals surface area contributed by atoms with Crippen LogP contribution in [0.4, 0.5) is 0 Å². The van der Waals surface area contributed by atoms with Crippen LogP contribution in [0.15, 0.2) is 24.3 Å². The Morgan fingerprint density at radius 2 is 2.17 bits per heavy atom. The summed E-state index contributed by atoms with van der Waals surface area (Å²) in [5.74, 6) is 0.263. The summed E-state index contributed by atoms with van der Waals surface area (Å²) in [5, 5.41) is 9.41. The fourth-order valence-electron chi connectivity index (χ4n) is 2.41. The standard InChI is InChI=1S/C14H19NO3/c1-18-14(17)12-5-7-15(8-6-12)10-11-3-2-4-13(16)9-11/h2-4,9,12,16H,5-8,10H2,1H3. The number of likely N-dealkylation sites (tertiary alicyclic amines) is 1. The van der Waals surface area contributed by atoms with Crippen LogP contribution in [0.2, 0.25) is 0 Å². The maximum atomic E-state index is 11.4. The topological polar surface area (TPSA) is 49.8 Å². The molecule has 0 spiro atoms. The Morgan fingerprint density at radius 1 is 1.44 bits per heavy atom. The minimum atomic E-state index is -0.0907. The van der Waals surface area contributed by atoms with E-state index in [1.165, 1.54) is 7.11 Å². The highest BCUT2D eigenvalue weighted by Gasteiger charge is 2.25. The molecule has 1 aromatic carbocycles. The molecule has 0 unspecified atom stereocenters. The quantitative estimate of drug-likeness (QED) is 0.830. The van der Waals surface area contributed by atoms with Crippen LogP contribution in [-0.4, -0.2) is 36.2 Å². The number of aromatic hydroxyl groups is 1. The van der Waals surface area contributed by atoms with Crippen molar-refractivity contribution in [3.05, 3.63) is 29.8 Å². The van der Waals surface area contributed by atoms with Crippen molar-refractivity contribution < 1.29 is 14.6 Å². The minimum Gasteiger partial charge on any atom is -0.508 e. The van der Waals surface area contributed by atoms with Crippen LogP contribution in [0.1, 0.15) is 18.4 Å². The fraction of sp³-hybridized carbons (Fsp3) is 0.500. The number of carbonyl (C=O) groups excluding carboxylic acids is 1. The molecule has 0 aliphatic carbocycles. The first-order valence-corrected chi connectivity index (χ1v) is 6.27. The Hall–Kier alpha value is -1.55. The molecular weight excluding hydrogens is 230 g/mol. The zero-order valence-electron chi connectivity index (χ0n) is 10.6. The average molecular weight is 249 g/mol. The zero-order valence-corrected chi connectivity index (χ0v) is 10.6. The van der Waals surface area contributed by atoms with Crippen molar-refractivity contribution in [3.8, 4) is 5.75 Å². The number of carbonyl (C=O) groups is 1. The van der Waals surface area contributed by atoms with Gasteiger partial charge in [0.2, 0.25) is 0 Å². The van der Waals surface area contributed by atoms with E-state index in [1.54, 1.807) is 12.1 Å². The normalized spacial score (nSPS) is 17.6. The van der Waals surface area contributed by atoms with Crippen molar-refractivity contribution in [2.75, 3.05) is 20.2 Å². The van der Waals surface area contributed by atoms with Gasteiger partial charge in [-0.05, 0) is 43.6 Å². The molecule has 4 nitrogen and oxygen atoms in total. The SMILES string of the molecule is COC(=O)C1CCN(Cc2cccc(O)c2)CC1. The van der Waals surface area contributed by atoms with Gasteiger partial charge in [0.1, 0.15) is 5.75 Å². The van der Waals surface area contributed by atoms with Crippen molar-refractivity contribution in [3.63, 3.8) is 0 Å². The molecule has 0 aromatic heterocycles. The summed E-state index contributed by atoms with van der Waals surface area (Å²) in [6.45, 7) is 2.62. The predicted molar refractivity (Wildman–Crippen MR) is 68.1 cm³/mol. The lowest BCUT2D eigenvalue weighted by molar-refractivity contribution is -0.147. The van der Waals surface area contributed by atoms with Gasteiger partial charge >= 0.3 is 5.97 Å². The van der Waals surface area contributed by atoms with Crippen LogP contribution in [0.25, 0.3) is 0 Å². The number of hydrogen-bond acceptors (Lipinski definition) is 4. The molecule has 1 aliphatic rings. The minimum absolute atomic E-state index is 0.0513. The van der Waals surface area contributed by atoms with Gasteiger partial charge in [-0.3, -0.25) is 9.69 Å². The Bertz CT molecular complexity index is 411. The van der Waals surface area contributed by atoms with Crippen LogP contribution < -0.4 is 0 Å². The van der Waals surface area contributed by atoms with Crippen molar-refractivity contribution in [1.82, 2.24) is 4.90 Å². The number of ether oxygens (including phenoxy) is 1. The lowest BCUT2D eigenvalue weighted by atomic mass is 9.96. The number of hydrogen-bond donors (Lipinski definition) is 1. The first-order valence-electron chi connectivity index (χ1n) is 6.27. The molecule has 1 aromatic rings. The van der Waals surface area contributed by atoms with E-state index in [-0.39, 0.29) is 11.9 Å². The molecule has 0 amide bonds. The molecule has 0 radical (unpaired) electrons. The van der Waals surface area contributed by atoms with E-state index in [0.717, 1.165) is 38.0 Å². The summed E-state index contributed by atoms with van der Waals surface area (Å²) >= 11 is 0. The van der Waals surface area contributed by atoms with E-state index in [1.807, 2.05) is 12.1 Å². The van der Waals surface area contributed by atoms with E-state index in [2.05, 4.69) is 4.90 Å². The van der Waals surface area contributed by atoms with Gasteiger partial charge in [-0.1, -0.05) is 12.1 Å². The highest BCUT2D eigenvalue weighted by atomic mass is 16.5. The summed E-state index contributed by atoms with van der Waals surface area (Å²) in [6, 6.07) is 7.32. The van der Waals surface area contributed by atoms with Crippen molar-refractivity contribution >= 4 is 5.97 Å². The van der Waals surface area contributed by atoms with Gasteiger partial charge < -0.3 is 9.84 Å². The van der Waals surface area contributed by atoms with Crippen molar-refractivity contribution in [1.29, 1.82) is 0 Å². The van der Waals surface area contributed by atoms with Crippen LogP contribution in [0.3, 0.4) is 0 Å². The zero-order chi connectivity index (χ0) is 13.0. The van der Waals surface area contributed by atoms with E-state index >= 15 is 0 Å². The van der Waals surface area contributed by atoms with Gasteiger partial charge in [0.05, 0.1) is 13.0 Å². The van der Waals surface area contributed by atoms with Crippen LogP contribution in [0, 0.1) is 5.92 Å². The number of phenolic OH excluding ortho intramolecular Hbond substituents is 1. The molecule has 0 bridgehead atoms. The molecule has 4 heteroatoms. The maximum Gasteiger partial charge on any atom is 0.308 e. The summed E-state index contributed by atoms with van der Waals surface area (Å²) in [5.41, 5.74) is 1.10. The molecule has 1 heterocycles. The van der Waals surface area contributed by atoms with Crippen LogP contribution in [-0.2, 0) is 16.1 Å². The number of rotatable bonds is 3. The summed E-state index contributed by atoms with van der Waals surface area (Å²) in [6.07, 6.45) is 1.71. The third kappa shape index (κ3) is 3.23. The monoisotopic (exact) mass is 249 g/mol. The smallest absolute Gasteiger partial charge is 0.308 e. The average Bonchev–Trinajstić information content (AvgIpc) is 2.39. The third-order valence-electron chi connectivity index (χ3n) is 3.44. The van der Waals surface area contributed by atoms with Crippen molar-refractivity contribution in [2.24, 2.45) is 5.92 Å². The summed E-state index contributed by atoms with van der Waals surface area (Å²) in [4.78, 5) is 13.7. The Kier molecular flexibility index (Phi) is 4.20. The third-order valence-corrected chi connectivity index (χ3v) is 3.44. The Morgan fingerprint density at radius 3 is 2.78 bits per heavy atom. The number of phenols is 1. The molecule has 0 atom stereocenters. The lowest BCUT2D eigenvalue weighted by Gasteiger charge is -2.30. The van der Waals surface area contributed by atoms with Crippen molar-refractivity contribution in [2.45, 2.75) is 19.4 Å². The van der Waals surface area contributed by atoms with Gasteiger partial charge in [0.25, 0.3) is 0 Å². The molecule has 1 saturated heterocycles. The van der Waals surface area contributed by atoms with E-state index in [9.17, 15) is 9.90 Å². The summed E-state index contributed by atoms with van der Waals surface area (Å²) in [7, 11) is 1.45. The van der Waals surface area contributed by atoms with Gasteiger partial charge in [-0.2, -0.15) is 0 Å². The molecule has 98 valence electrons. The number of nitrogens with zero attached hydrogens (tertiary/aromatic N) is 1. The lowest BCUT2D eigenvalue weighted by Crippen LogP contribution is -2.36. The van der Waals surface area contributed by atoms with Gasteiger partial charge in [0.15, 0.2) is 0 Å². The molecular formula is C14H19NO3. The first-order chi connectivity index (χ1) is 8.69. The number of methoxy groups -OCH3 is 1. The molecule has 1 aliphatic heterocycles. The molecule has 18 heavy (non-hydrogen) atoms. The number of benzene rings is 1. The van der Waals surface area contributed by atoms with E-state index < -0.39 is 0 Å². The van der Waals surface area contributed by atoms with Crippen LogP contribution >= 0.6 is 0 Å². The second-order valence-corrected chi connectivity index (χ2v) is 4.74. The second kappa shape index (κ2) is 5.87. The molecule has 1 N–H and O–H groups in total. The molecule has 2 rings (SSSR count). The number of esters is 1. The highest BCUT2D eigenvalue weighted by molar-refractivity contribution is 5.72. The predicted octanol–water partition coefficient (Wildman–Crippen LogP) is 1.78. The van der Waals surface area contributed by atoms with Crippen LogP contribution in [0.5, 0.6) is 5.75 Å². The Labute approximate surface area is 107 Å². The fourth-order valence-corrected chi connectivity index (χ4v) is 2.41. The Balaban J connectivity index is 1.85. The summed E-state index contributed by atoms with van der Waals surface area (Å²) < 4.78 is 4.77. The second-order valence-electron chi connectivity index (χ2n) is 4.74. The largest absolute Gasteiger partial charge is 0.508 e. The molecule has 0 saturated carbocycles.